The fourth-order valence-corrected chi connectivity index (χ4v) is 1.62. The summed E-state index contributed by atoms with van der Waals surface area (Å²) < 4.78 is 13.6. The van der Waals surface area contributed by atoms with Crippen LogP contribution in [0.3, 0.4) is 0 Å². The molecule has 0 N–H and O–H groups in total. The summed E-state index contributed by atoms with van der Waals surface area (Å²) in [6, 6.07) is 0. The quantitative estimate of drug-likeness (QED) is 0.597. The van der Waals surface area contributed by atoms with Crippen LogP contribution >= 0.6 is 0 Å². The number of hydrogen-bond acceptors (Lipinski definition) is 1. The Morgan fingerprint density at radius 3 is 2.18 bits per heavy atom. The number of halogens is 1. The zero-order valence-electron chi connectivity index (χ0n) is 7.57. The van der Waals surface area contributed by atoms with Gasteiger partial charge in [-0.3, -0.25) is 0 Å². The first-order valence-corrected chi connectivity index (χ1v) is 4.61. The van der Waals surface area contributed by atoms with Gasteiger partial charge >= 0.3 is 0 Å². The Hall–Kier alpha value is -0.110. The van der Waals surface area contributed by atoms with Gasteiger partial charge in [0, 0.05) is 13.1 Å². The maximum atomic E-state index is 13.6. The van der Waals surface area contributed by atoms with Crippen molar-refractivity contribution in [2.45, 2.75) is 38.8 Å². The van der Waals surface area contributed by atoms with E-state index in [1.807, 2.05) is 6.92 Å². The van der Waals surface area contributed by atoms with Gasteiger partial charge < -0.3 is 4.90 Å². The molecule has 0 aromatic rings. The molecule has 11 heavy (non-hydrogen) atoms. The van der Waals surface area contributed by atoms with E-state index in [9.17, 15) is 4.39 Å². The first kappa shape index (κ1) is 8.98. The second-order valence-electron chi connectivity index (χ2n) is 3.44. The highest BCUT2D eigenvalue weighted by molar-refractivity contribution is 4.84. The molecule has 2 heteroatoms. The van der Waals surface area contributed by atoms with Crippen molar-refractivity contribution >= 4 is 0 Å². The van der Waals surface area contributed by atoms with Crippen molar-refractivity contribution in [3.05, 3.63) is 0 Å². The molecule has 0 radical (unpaired) electrons. The first-order chi connectivity index (χ1) is 5.20. The van der Waals surface area contributed by atoms with Gasteiger partial charge in [-0.05, 0) is 25.8 Å². The van der Waals surface area contributed by atoms with E-state index in [-0.39, 0.29) is 0 Å². The Kier molecular flexibility index (Phi) is 2.88. The molecule has 1 fully saturated rings. The number of nitrogens with zero attached hydrogens (tertiary/aromatic N) is 1. The Labute approximate surface area is 68.6 Å². The molecule has 0 aliphatic carbocycles. The van der Waals surface area contributed by atoms with Crippen LogP contribution in [0.1, 0.15) is 33.1 Å². The van der Waals surface area contributed by atoms with Gasteiger partial charge in [-0.2, -0.15) is 0 Å². The van der Waals surface area contributed by atoms with Gasteiger partial charge in [0.25, 0.3) is 0 Å². The van der Waals surface area contributed by atoms with E-state index < -0.39 is 5.67 Å². The average molecular weight is 159 g/mol. The lowest BCUT2D eigenvalue weighted by Gasteiger charge is -2.35. The number of piperidine rings is 1. The van der Waals surface area contributed by atoms with Crippen LogP contribution in [-0.2, 0) is 0 Å². The van der Waals surface area contributed by atoms with E-state index in [1.165, 1.54) is 0 Å². The molecule has 1 aliphatic heterocycles. The minimum absolute atomic E-state index is 0.685. The topological polar surface area (TPSA) is 3.24 Å². The Bertz CT molecular complexity index is 117. The molecule has 0 saturated carbocycles. The third-order valence-electron chi connectivity index (χ3n) is 2.83. The van der Waals surface area contributed by atoms with Crippen molar-refractivity contribution in [1.29, 1.82) is 0 Å². The number of rotatable bonds is 2. The van der Waals surface area contributed by atoms with Crippen LogP contribution in [0, 0.1) is 0 Å². The summed E-state index contributed by atoms with van der Waals surface area (Å²) in [5, 5.41) is 0. The molecule has 0 bridgehead atoms. The number of alkyl halides is 1. The van der Waals surface area contributed by atoms with Crippen LogP contribution in [0.15, 0.2) is 0 Å². The van der Waals surface area contributed by atoms with Crippen molar-refractivity contribution in [2.75, 3.05) is 19.6 Å². The standard InChI is InChI=1S/C9H18FN/c1-3-9(10)5-7-11(4-2)8-6-9/h3-8H2,1-2H3. The summed E-state index contributed by atoms with van der Waals surface area (Å²) in [5.74, 6) is 0. The highest BCUT2D eigenvalue weighted by Crippen LogP contribution is 2.29. The molecule has 1 nitrogen and oxygen atoms in total. The van der Waals surface area contributed by atoms with Gasteiger partial charge in [0.2, 0.25) is 0 Å². The third kappa shape index (κ3) is 2.16. The fourth-order valence-electron chi connectivity index (χ4n) is 1.62. The lowest BCUT2D eigenvalue weighted by molar-refractivity contribution is 0.0575. The monoisotopic (exact) mass is 159 g/mol. The lowest BCUT2D eigenvalue weighted by Crippen LogP contribution is -2.41. The Morgan fingerprint density at radius 2 is 1.82 bits per heavy atom. The zero-order valence-corrected chi connectivity index (χ0v) is 7.57. The molecule has 0 aromatic carbocycles. The highest BCUT2D eigenvalue weighted by Gasteiger charge is 2.31. The van der Waals surface area contributed by atoms with Crippen LogP contribution in [0.2, 0.25) is 0 Å². The molecular weight excluding hydrogens is 141 g/mol. The first-order valence-electron chi connectivity index (χ1n) is 4.61. The molecule has 66 valence electrons. The van der Waals surface area contributed by atoms with Crippen LogP contribution < -0.4 is 0 Å². The van der Waals surface area contributed by atoms with Gasteiger partial charge in [0.1, 0.15) is 5.67 Å². The van der Waals surface area contributed by atoms with E-state index >= 15 is 0 Å². The van der Waals surface area contributed by atoms with Gasteiger partial charge in [-0.1, -0.05) is 13.8 Å². The zero-order chi connectivity index (χ0) is 8.32. The summed E-state index contributed by atoms with van der Waals surface area (Å²) in [6.07, 6.45) is 2.15. The van der Waals surface area contributed by atoms with Gasteiger partial charge in [0.15, 0.2) is 0 Å². The molecule has 1 saturated heterocycles. The molecule has 0 amide bonds. The van der Waals surface area contributed by atoms with E-state index in [0.717, 1.165) is 32.5 Å². The minimum Gasteiger partial charge on any atom is -0.303 e. The summed E-state index contributed by atoms with van der Waals surface area (Å²) in [7, 11) is 0. The predicted molar refractivity (Wildman–Crippen MR) is 45.5 cm³/mol. The molecule has 0 aromatic heterocycles. The molecule has 0 unspecified atom stereocenters. The SMILES string of the molecule is CCN1CCC(F)(CC)CC1. The summed E-state index contributed by atoms with van der Waals surface area (Å²) in [5.41, 5.74) is -0.842. The summed E-state index contributed by atoms with van der Waals surface area (Å²) in [4.78, 5) is 2.31. The summed E-state index contributed by atoms with van der Waals surface area (Å²) in [6.45, 7) is 7.04. The fraction of sp³-hybridized carbons (Fsp3) is 1.00. The molecule has 1 aliphatic rings. The lowest BCUT2D eigenvalue weighted by atomic mass is 9.91. The van der Waals surface area contributed by atoms with Gasteiger partial charge in [0.05, 0.1) is 0 Å². The molecule has 0 spiro atoms. The maximum Gasteiger partial charge on any atom is 0.113 e. The highest BCUT2D eigenvalue weighted by atomic mass is 19.1. The van der Waals surface area contributed by atoms with Crippen molar-refractivity contribution in [3.8, 4) is 0 Å². The second-order valence-corrected chi connectivity index (χ2v) is 3.44. The van der Waals surface area contributed by atoms with Crippen LogP contribution in [0.4, 0.5) is 4.39 Å². The Balaban J connectivity index is 2.35. The second kappa shape index (κ2) is 3.53. The number of likely N-dealkylation sites (tertiary alicyclic amines) is 1. The van der Waals surface area contributed by atoms with E-state index in [4.69, 9.17) is 0 Å². The average Bonchev–Trinajstić information content (AvgIpc) is 2.06. The normalized spacial score (nSPS) is 25.4. The van der Waals surface area contributed by atoms with Gasteiger partial charge in [-0.25, -0.2) is 4.39 Å². The Morgan fingerprint density at radius 1 is 1.27 bits per heavy atom. The van der Waals surface area contributed by atoms with Crippen molar-refractivity contribution < 1.29 is 4.39 Å². The van der Waals surface area contributed by atoms with E-state index in [2.05, 4.69) is 11.8 Å². The van der Waals surface area contributed by atoms with Crippen molar-refractivity contribution in [3.63, 3.8) is 0 Å². The van der Waals surface area contributed by atoms with Crippen LogP contribution in [0.25, 0.3) is 0 Å². The van der Waals surface area contributed by atoms with Gasteiger partial charge in [-0.15, -0.1) is 0 Å². The maximum absolute atomic E-state index is 13.6. The molecule has 1 rings (SSSR count). The van der Waals surface area contributed by atoms with Crippen LogP contribution in [-0.4, -0.2) is 30.2 Å². The van der Waals surface area contributed by atoms with Crippen molar-refractivity contribution in [2.24, 2.45) is 0 Å². The molecule has 0 atom stereocenters. The minimum atomic E-state index is -0.842. The molecular formula is C9H18FN. The van der Waals surface area contributed by atoms with E-state index in [0.29, 0.717) is 6.42 Å². The molecule has 1 heterocycles. The van der Waals surface area contributed by atoms with Crippen LogP contribution in [0.5, 0.6) is 0 Å². The van der Waals surface area contributed by atoms with Crippen molar-refractivity contribution in [1.82, 2.24) is 4.90 Å². The smallest absolute Gasteiger partial charge is 0.113 e. The third-order valence-corrected chi connectivity index (χ3v) is 2.83. The largest absolute Gasteiger partial charge is 0.303 e. The summed E-state index contributed by atoms with van der Waals surface area (Å²) >= 11 is 0. The number of hydrogen-bond donors (Lipinski definition) is 0. The van der Waals surface area contributed by atoms with E-state index in [1.54, 1.807) is 0 Å². The predicted octanol–water partition coefficient (Wildman–Crippen LogP) is 2.22.